The van der Waals surface area contributed by atoms with Gasteiger partial charge in [-0.2, -0.15) is 0 Å². The first kappa shape index (κ1) is 23.3. The van der Waals surface area contributed by atoms with Gasteiger partial charge in [0, 0.05) is 17.0 Å². The largest absolute Gasteiger partial charge is 0.352 e. The van der Waals surface area contributed by atoms with Gasteiger partial charge < -0.3 is 9.47 Å². The van der Waals surface area contributed by atoms with E-state index in [0.717, 1.165) is 12.0 Å². The minimum atomic E-state index is -0.873. The summed E-state index contributed by atoms with van der Waals surface area (Å²) in [7, 11) is 0. The Bertz CT molecular complexity index is 1130. The van der Waals surface area contributed by atoms with Gasteiger partial charge in [-0.3, -0.25) is 0 Å². The summed E-state index contributed by atoms with van der Waals surface area (Å²) in [6.45, 7) is 4.83. The van der Waals surface area contributed by atoms with Crippen molar-refractivity contribution in [1.29, 1.82) is 0 Å². The average molecular weight is 453 g/mol. The van der Waals surface area contributed by atoms with Crippen LogP contribution < -0.4 is 0 Å². The van der Waals surface area contributed by atoms with Crippen molar-refractivity contribution in [3.8, 4) is 22.3 Å². The summed E-state index contributed by atoms with van der Waals surface area (Å²) < 4.78 is 55.3. The van der Waals surface area contributed by atoms with Crippen LogP contribution in [0.15, 0.2) is 66.7 Å². The van der Waals surface area contributed by atoms with Crippen molar-refractivity contribution in [3.63, 3.8) is 0 Å². The highest BCUT2D eigenvalue weighted by atomic mass is 19.2. The van der Waals surface area contributed by atoms with E-state index in [-0.39, 0.29) is 23.6 Å². The van der Waals surface area contributed by atoms with E-state index in [1.165, 1.54) is 6.07 Å². The first-order chi connectivity index (χ1) is 16.0. The van der Waals surface area contributed by atoms with E-state index in [1.807, 2.05) is 19.9 Å². The minimum absolute atomic E-state index is 0.00705. The third-order valence-corrected chi connectivity index (χ3v) is 6.01. The van der Waals surface area contributed by atoms with Crippen molar-refractivity contribution in [1.82, 2.24) is 0 Å². The van der Waals surface area contributed by atoms with Crippen LogP contribution >= 0.6 is 0 Å². The summed E-state index contributed by atoms with van der Waals surface area (Å²) in [6.07, 6.45) is 4.52. The van der Waals surface area contributed by atoms with E-state index in [9.17, 15) is 13.2 Å². The van der Waals surface area contributed by atoms with Crippen molar-refractivity contribution < 1.29 is 22.6 Å². The molecule has 33 heavy (non-hydrogen) atoms. The Morgan fingerprint density at radius 2 is 1.48 bits per heavy atom. The summed E-state index contributed by atoms with van der Waals surface area (Å²) >= 11 is 0. The molecule has 1 saturated heterocycles. The molecule has 3 aromatic carbocycles. The molecule has 1 heterocycles. The molecule has 3 aromatic rings. The monoisotopic (exact) mass is 452 g/mol. The van der Waals surface area contributed by atoms with E-state index < -0.39 is 11.6 Å². The summed E-state index contributed by atoms with van der Waals surface area (Å²) in [5.74, 6) is -2.06. The summed E-state index contributed by atoms with van der Waals surface area (Å²) in [4.78, 5) is 0. The first-order valence-electron chi connectivity index (χ1n) is 11.2. The van der Waals surface area contributed by atoms with E-state index in [4.69, 9.17) is 9.47 Å². The Kier molecular flexibility index (Phi) is 7.31. The molecule has 0 aliphatic carbocycles. The van der Waals surface area contributed by atoms with Crippen LogP contribution in [0.5, 0.6) is 0 Å². The lowest BCUT2D eigenvalue weighted by atomic mass is 9.95. The maximum Gasteiger partial charge on any atom is 0.166 e. The molecule has 4 rings (SSSR count). The molecular weight excluding hydrogens is 425 g/mol. The fourth-order valence-electron chi connectivity index (χ4n) is 4.03. The molecule has 0 spiro atoms. The van der Waals surface area contributed by atoms with Gasteiger partial charge in [0.15, 0.2) is 17.9 Å². The second kappa shape index (κ2) is 10.4. The number of halogens is 3. The lowest BCUT2D eigenvalue weighted by Gasteiger charge is -2.29. The van der Waals surface area contributed by atoms with Crippen LogP contribution in [0.3, 0.4) is 0 Å². The number of hydrogen-bond donors (Lipinski definition) is 0. The van der Waals surface area contributed by atoms with Crippen LogP contribution in [0.2, 0.25) is 0 Å². The Morgan fingerprint density at radius 1 is 0.848 bits per heavy atom. The Balaban J connectivity index is 1.53. The quantitative estimate of drug-likeness (QED) is 0.362. The van der Waals surface area contributed by atoms with Gasteiger partial charge in [0.1, 0.15) is 5.82 Å². The smallest absolute Gasteiger partial charge is 0.166 e. The highest BCUT2D eigenvalue weighted by Gasteiger charge is 2.23. The van der Waals surface area contributed by atoms with Gasteiger partial charge in [0.2, 0.25) is 0 Å². The molecule has 1 aliphatic rings. The van der Waals surface area contributed by atoms with Crippen LogP contribution in [0.25, 0.3) is 22.3 Å². The molecule has 2 nitrogen and oxygen atoms in total. The number of hydrogen-bond acceptors (Lipinski definition) is 2. The predicted molar refractivity (Wildman–Crippen MR) is 124 cm³/mol. The molecule has 0 N–H and O–H groups in total. The molecule has 0 amide bonds. The molecule has 0 saturated carbocycles. The standard InChI is InChI=1S/C28H27F3O2/c1-3-5-6-20-11-14-24(28(31)27(20)30)19-9-7-18(8-10-19)23-13-12-21(15-25(23)29)22-16-32-26(4-2)33-17-22/h3,5,7-15,22,26H,4,6,16-17H2,1-2H3. The average Bonchev–Trinajstić information content (AvgIpc) is 2.85. The maximum absolute atomic E-state index is 14.9. The maximum atomic E-state index is 14.9. The Morgan fingerprint density at radius 3 is 2.09 bits per heavy atom. The molecule has 0 unspecified atom stereocenters. The van der Waals surface area contributed by atoms with Crippen LogP contribution in [-0.2, 0) is 15.9 Å². The predicted octanol–water partition coefficient (Wildman–Crippen LogP) is 7.42. The zero-order valence-corrected chi connectivity index (χ0v) is 18.8. The number of allylic oxidation sites excluding steroid dienone is 2. The zero-order chi connectivity index (χ0) is 23.4. The van der Waals surface area contributed by atoms with E-state index >= 15 is 0 Å². The Hall–Kier alpha value is -2.89. The van der Waals surface area contributed by atoms with E-state index in [2.05, 4.69) is 0 Å². The Labute approximate surface area is 192 Å². The highest BCUT2D eigenvalue weighted by Crippen LogP contribution is 2.32. The van der Waals surface area contributed by atoms with Gasteiger partial charge in [0.25, 0.3) is 0 Å². The highest BCUT2D eigenvalue weighted by molar-refractivity contribution is 5.71. The first-order valence-corrected chi connectivity index (χ1v) is 11.2. The normalized spacial score (nSPS) is 18.7. The van der Waals surface area contributed by atoms with Crippen LogP contribution in [0.4, 0.5) is 13.2 Å². The van der Waals surface area contributed by atoms with E-state index in [1.54, 1.807) is 54.6 Å². The van der Waals surface area contributed by atoms with E-state index in [0.29, 0.717) is 41.9 Å². The molecule has 1 aliphatic heterocycles. The van der Waals surface area contributed by atoms with Gasteiger partial charge in [-0.25, -0.2) is 13.2 Å². The number of ether oxygens (including phenoxy) is 2. The molecule has 172 valence electrons. The fourth-order valence-corrected chi connectivity index (χ4v) is 4.03. The fraction of sp³-hybridized carbons (Fsp3) is 0.286. The van der Waals surface area contributed by atoms with Crippen molar-refractivity contribution >= 4 is 0 Å². The van der Waals surface area contributed by atoms with Crippen molar-refractivity contribution in [2.45, 2.75) is 38.9 Å². The number of benzene rings is 3. The molecule has 0 bridgehead atoms. The third kappa shape index (κ3) is 5.05. The molecule has 5 heteroatoms. The van der Waals surface area contributed by atoms with Gasteiger partial charge in [-0.1, -0.05) is 67.6 Å². The summed E-state index contributed by atoms with van der Waals surface area (Å²) in [5, 5.41) is 0. The van der Waals surface area contributed by atoms with Gasteiger partial charge in [0.05, 0.1) is 13.2 Å². The third-order valence-electron chi connectivity index (χ3n) is 6.01. The van der Waals surface area contributed by atoms with Crippen molar-refractivity contribution in [2.24, 2.45) is 0 Å². The second-order valence-corrected chi connectivity index (χ2v) is 8.19. The van der Waals surface area contributed by atoms with Gasteiger partial charge in [-0.05, 0) is 48.1 Å². The molecule has 0 radical (unpaired) electrons. The zero-order valence-electron chi connectivity index (χ0n) is 18.8. The summed E-state index contributed by atoms with van der Waals surface area (Å²) in [5.41, 5.74) is 2.97. The lowest BCUT2D eigenvalue weighted by molar-refractivity contribution is -0.187. The molecule has 1 fully saturated rings. The van der Waals surface area contributed by atoms with Gasteiger partial charge in [-0.15, -0.1) is 0 Å². The second-order valence-electron chi connectivity index (χ2n) is 8.19. The molecular formula is C28H27F3O2. The summed E-state index contributed by atoms with van der Waals surface area (Å²) in [6, 6.07) is 15.1. The number of rotatable bonds is 6. The van der Waals surface area contributed by atoms with Crippen LogP contribution in [-0.4, -0.2) is 19.5 Å². The van der Waals surface area contributed by atoms with Crippen molar-refractivity contribution in [2.75, 3.05) is 13.2 Å². The lowest BCUT2D eigenvalue weighted by Crippen LogP contribution is -2.30. The molecule has 0 aromatic heterocycles. The van der Waals surface area contributed by atoms with Crippen LogP contribution in [0, 0.1) is 17.5 Å². The minimum Gasteiger partial charge on any atom is -0.352 e. The van der Waals surface area contributed by atoms with Gasteiger partial charge >= 0.3 is 0 Å². The SMILES string of the molecule is CC=CCc1ccc(-c2ccc(-c3ccc(C4COC(CC)OC4)cc3F)cc2)c(F)c1F. The molecule has 0 atom stereocenters. The topological polar surface area (TPSA) is 18.5 Å². The van der Waals surface area contributed by atoms with Crippen LogP contribution in [0.1, 0.15) is 37.3 Å². The van der Waals surface area contributed by atoms with Crippen molar-refractivity contribution in [3.05, 3.63) is 95.3 Å².